The molecule has 4 nitrogen and oxygen atoms in total. The Bertz CT molecular complexity index is 1320. The molecule has 3 N–H and O–H groups in total. The average molecular weight is 472 g/mol. The van der Waals surface area contributed by atoms with E-state index in [9.17, 15) is 0 Å². The maximum absolute atomic E-state index is 9.00. The lowest BCUT2D eigenvalue weighted by Crippen LogP contribution is -2.49. The summed E-state index contributed by atoms with van der Waals surface area (Å²) >= 11 is 0. The van der Waals surface area contributed by atoms with Gasteiger partial charge in [0.2, 0.25) is 0 Å². The van der Waals surface area contributed by atoms with Gasteiger partial charge in [0.15, 0.2) is 5.84 Å². The van der Waals surface area contributed by atoms with Crippen molar-refractivity contribution in [2.24, 2.45) is 28.5 Å². The fraction of sp³-hybridized carbons (Fsp3) is 0.323. The molecule has 36 heavy (non-hydrogen) atoms. The quantitative estimate of drug-likeness (QED) is 0.328. The second-order valence-corrected chi connectivity index (χ2v) is 10.7. The highest BCUT2D eigenvalue weighted by Crippen LogP contribution is 2.57. The number of aliphatic imine (C=N–C) groups is 1. The predicted octanol–water partition coefficient (Wildman–Crippen LogP) is 4.68. The topological polar surface area (TPSA) is 86.0 Å². The van der Waals surface area contributed by atoms with Gasteiger partial charge in [0, 0.05) is 16.5 Å². The number of benzene rings is 3. The minimum Gasteiger partial charge on any atom is -0.383 e. The molecule has 2 aliphatic rings. The summed E-state index contributed by atoms with van der Waals surface area (Å²) in [5.41, 5.74) is 12.3. The van der Waals surface area contributed by atoms with E-state index in [1.165, 1.54) is 48.7 Å². The molecular formula is C31H33BN4. The maximum atomic E-state index is 9.00. The van der Waals surface area contributed by atoms with Crippen molar-refractivity contribution in [1.29, 1.82) is 10.7 Å². The number of amidine groups is 2. The molecule has 4 atom stereocenters. The smallest absolute Gasteiger partial charge is 0.154 e. The van der Waals surface area contributed by atoms with Crippen LogP contribution in [0, 0.1) is 34.5 Å². The zero-order valence-electron chi connectivity index (χ0n) is 21.2. The highest BCUT2D eigenvalue weighted by Gasteiger charge is 2.51. The highest BCUT2D eigenvalue weighted by molar-refractivity contribution is 6.32. The minimum absolute atomic E-state index is 0.00385. The van der Waals surface area contributed by atoms with Crippen molar-refractivity contribution < 1.29 is 0 Å². The summed E-state index contributed by atoms with van der Waals surface area (Å²) in [4.78, 5) is 4.36. The van der Waals surface area contributed by atoms with Crippen LogP contribution in [0.25, 0.3) is 0 Å². The van der Waals surface area contributed by atoms with Gasteiger partial charge in [-0.05, 0) is 72.4 Å². The van der Waals surface area contributed by atoms with Gasteiger partial charge in [0.05, 0.1) is 11.6 Å². The molecule has 5 heteroatoms. The zero-order valence-corrected chi connectivity index (χ0v) is 21.2. The Kier molecular flexibility index (Phi) is 6.54. The van der Waals surface area contributed by atoms with E-state index in [1.807, 2.05) is 12.1 Å². The lowest BCUT2D eigenvalue weighted by atomic mass is 9.49. The van der Waals surface area contributed by atoms with E-state index in [4.69, 9.17) is 16.4 Å². The largest absolute Gasteiger partial charge is 0.383 e. The summed E-state index contributed by atoms with van der Waals surface area (Å²) < 4.78 is 0. The van der Waals surface area contributed by atoms with Crippen LogP contribution in [-0.4, -0.2) is 19.5 Å². The number of fused-ring (bicyclic) bond motifs is 2. The Morgan fingerprint density at radius 3 is 2.19 bits per heavy atom. The Morgan fingerprint density at radius 2 is 1.56 bits per heavy atom. The number of hydrogen-bond acceptors (Lipinski definition) is 2. The van der Waals surface area contributed by atoms with E-state index in [1.54, 1.807) is 24.3 Å². The molecular weight excluding hydrogens is 439 g/mol. The molecule has 2 fully saturated rings. The van der Waals surface area contributed by atoms with Crippen molar-refractivity contribution in [2.45, 2.75) is 44.4 Å². The van der Waals surface area contributed by atoms with Crippen molar-refractivity contribution in [1.82, 2.24) is 0 Å². The number of rotatable bonds is 4. The van der Waals surface area contributed by atoms with E-state index in [-0.39, 0.29) is 17.1 Å². The van der Waals surface area contributed by atoms with Crippen LogP contribution in [0.4, 0.5) is 0 Å². The Hall–Kier alpha value is -3.65. The van der Waals surface area contributed by atoms with Crippen LogP contribution < -0.4 is 11.2 Å². The summed E-state index contributed by atoms with van der Waals surface area (Å²) in [6, 6.07) is 26.8. The number of hydrogen-bond donors (Lipinski definition) is 2. The molecule has 2 bridgehead atoms. The van der Waals surface area contributed by atoms with Gasteiger partial charge in [0.1, 0.15) is 13.7 Å². The van der Waals surface area contributed by atoms with Gasteiger partial charge < -0.3 is 5.73 Å². The monoisotopic (exact) mass is 472 g/mol. The molecule has 0 heterocycles. The van der Waals surface area contributed by atoms with E-state index >= 15 is 0 Å². The van der Waals surface area contributed by atoms with Crippen molar-refractivity contribution in [2.75, 3.05) is 0 Å². The molecule has 0 amide bonds. The normalized spacial score (nSPS) is 25.7. The standard InChI is InChI=1S/C31H33BN4/c1-20-17-22-3-2-4-27(18-22)31(20,26-13-15-28(32)16-14-26)25-11-9-24(10-12-25)30(35)36-29(34)23-7-5-21(19-33)6-8-23/h5-16,20,22,27H,2-4,17-18,32H2,1H3,(H3,34,35,36). The minimum atomic E-state index is -0.00385. The van der Waals surface area contributed by atoms with Gasteiger partial charge in [-0.1, -0.05) is 73.8 Å². The Balaban J connectivity index is 1.49. The summed E-state index contributed by atoms with van der Waals surface area (Å²) in [6.07, 6.45) is 6.55. The molecule has 0 saturated heterocycles. The van der Waals surface area contributed by atoms with Gasteiger partial charge in [-0.2, -0.15) is 5.26 Å². The van der Waals surface area contributed by atoms with E-state index < -0.39 is 0 Å². The lowest BCUT2D eigenvalue weighted by molar-refractivity contribution is 0.0642. The van der Waals surface area contributed by atoms with Crippen LogP contribution in [0.3, 0.4) is 0 Å². The fourth-order valence-corrected chi connectivity index (χ4v) is 6.91. The number of nitriles is 1. The third-order valence-corrected chi connectivity index (χ3v) is 8.60. The van der Waals surface area contributed by atoms with Gasteiger partial charge in [0.25, 0.3) is 0 Å². The zero-order chi connectivity index (χ0) is 25.3. The van der Waals surface area contributed by atoms with Crippen molar-refractivity contribution >= 4 is 25.0 Å². The van der Waals surface area contributed by atoms with E-state index in [0.29, 0.717) is 23.0 Å². The Labute approximate surface area is 215 Å². The molecule has 4 unspecified atom stereocenters. The molecule has 180 valence electrons. The highest BCUT2D eigenvalue weighted by atomic mass is 14.9. The first-order chi connectivity index (χ1) is 17.4. The summed E-state index contributed by atoms with van der Waals surface area (Å²) in [6.45, 7) is 2.45. The van der Waals surface area contributed by atoms with Crippen LogP contribution in [-0.2, 0) is 5.41 Å². The molecule has 0 spiro atoms. The molecule has 0 aliphatic heterocycles. The van der Waals surface area contributed by atoms with Crippen LogP contribution in [0.1, 0.15) is 66.8 Å². The molecule has 3 aromatic carbocycles. The SMILES string of the molecule is Bc1ccc(C2(c3ccc(C(=N)/N=C(\N)c4ccc(C#N)cc4)cc3)C(C)CC3CCCC2C3)cc1. The Morgan fingerprint density at radius 1 is 0.944 bits per heavy atom. The molecule has 2 aliphatic carbocycles. The van der Waals surface area contributed by atoms with Crippen LogP contribution in [0.15, 0.2) is 77.8 Å². The van der Waals surface area contributed by atoms with Gasteiger partial charge >= 0.3 is 0 Å². The molecule has 0 aromatic heterocycles. The summed E-state index contributed by atoms with van der Waals surface area (Å²) in [5, 5.41) is 17.6. The first kappa shape index (κ1) is 24.1. The average Bonchev–Trinajstić information content (AvgIpc) is 2.90. The van der Waals surface area contributed by atoms with Gasteiger partial charge in [-0.15, -0.1) is 0 Å². The number of nitrogens with zero attached hydrogens (tertiary/aromatic N) is 2. The number of nitrogens with two attached hydrogens (primary N) is 1. The van der Waals surface area contributed by atoms with Crippen molar-refractivity contribution in [3.05, 3.63) is 101 Å². The fourth-order valence-electron chi connectivity index (χ4n) is 6.91. The summed E-state index contributed by atoms with van der Waals surface area (Å²) in [7, 11) is 2.15. The number of nitrogens with one attached hydrogen (secondary N) is 1. The summed E-state index contributed by atoms with van der Waals surface area (Å²) in [5.74, 6) is 2.46. The van der Waals surface area contributed by atoms with Crippen LogP contribution in [0.5, 0.6) is 0 Å². The molecule has 5 rings (SSSR count). The van der Waals surface area contributed by atoms with Crippen molar-refractivity contribution in [3.8, 4) is 6.07 Å². The second-order valence-electron chi connectivity index (χ2n) is 10.7. The van der Waals surface area contributed by atoms with Gasteiger partial charge in [-0.25, -0.2) is 4.99 Å². The second kappa shape index (κ2) is 9.78. The first-order valence-corrected chi connectivity index (χ1v) is 13.0. The van der Waals surface area contributed by atoms with Gasteiger partial charge in [-0.3, -0.25) is 5.41 Å². The van der Waals surface area contributed by atoms with Crippen LogP contribution in [0.2, 0.25) is 0 Å². The first-order valence-electron chi connectivity index (χ1n) is 13.0. The third-order valence-electron chi connectivity index (χ3n) is 8.60. The molecule has 2 saturated carbocycles. The maximum Gasteiger partial charge on any atom is 0.154 e. The van der Waals surface area contributed by atoms with E-state index in [2.05, 4.69) is 62.2 Å². The predicted molar refractivity (Wildman–Crippen MR) is 150 cm³/mol. The third kappa shape index (κ3) is 4.26. The molecule has 0 radical (unpaired) electrons. The van der Waals surface area contributed by atoms with E-state index in [0.717, 1.165) is 11.5 Å². The lowest BCUT2D eigenvalue weighted by Gasteiger charge is -2.54. The van der Waals surface area contributed by atoms with Crippen LogP contribution >= 0.6 is 0 Å². The van der Waals surface area contributed by atoms with Crippen molar-refractivity contribution in [3.63, 3.8) is 0 Å². The molecule has 3 aromatic rings.